The van der Waals surface area contributed by atoms with Gasteiger partial charge in [-0.05, 0) is 35.2 Å². The zero-order valence-electron chi connectivity index (χ0n) is 14.1. The van der Waals surface area contributed by atoms with Gasteiger partial charge in [-0.25, -0.2) is 0 Å². The van der Waals surface area contributed by atoms with Crippen LogP contribution in [0.2, 0.25) is 0 Å². The molecule has 0 aliphatic rings. The molecular formula is C19H21N3O2. The van der Waals surface area contributed by atoms with Crippen LogP contribution in [0, 0.1) is 0 Å². The van der Waals surface area contributed by atoms with Gasteiger partial charge in [0.25, 0.3) is 5.91 Å². The van der Waals surface area contributed by atoms with Gasteiger partial charge in [0, 0.05) is 11.1 Å². The van der Waals surface area contributed by atoms with E-state index in [2.05, 4.69) is 36.3 Å². The smallest absolute Gasteiger partial charge is 0.262 e. The third kappa shape index (κ3) is 3.56. The standard InChI is InChI=1S/C19H21N3O2/c1-19(2,3)15-6-4-5-7-17(15)24-12-18(23)21-14-8-9-16-13(10-14)11-20-22-16/h4-11H,12H2,1-3H3,(H,20,22)(H,21,23). The van der Waals surface area contributed by atoms with Crippen molar-refractivity contribution in [1.82, 2.24) is 10.2 Å². The highest BCUT2D eigenvalue weighted by Gasteiger charge is 2.18. The van der Waals surface area contributed by atoms with Gasteiger partial charge in [0.15, 0.2) is 6.61 Å². The van der Waals surface area contributed by atoms with Crippen molar-refractivity contribution in [2.75, 3.05) is 11.9 Å². The van der Waals surface area contributed by atoms with Crippen LogP contribution in [0.4, 0.5) is 5.69 Å². The van der Waals surface area contributed by atoms with Crippen molar-refractivity contribution < 1.29 is 9.53 Å². The molecule has 0 bridgehead atoms. The summed E-state index contributed by atoms with van der Waals surface area (Å²) in [6, 6.07) is 13.4. The fraction of sp³-hybridized carbons (Fsp3) is 0.263. The maximum Gasteiger partial charge on any atom is 0.262 e. The first kappa shape index (κ1) is 16.1. The number of aromatic amines is 1. The number of ether oxygens (including phenoxy) is 1. The maximum atomic E-state index is 12.2. The van der Waals surface area contributed by atoms with E-state index in [1.165, 1.54) is 0 Å². The molecule has 3 aromatic rings. The van der Waals surface area contributed by atoms with Gasteiger partial charge in [0.05, 0.1) is 11.7 Å². The molecular weight excluding hydrogens is 302 g/mol. The van der Waals surface area contributed by atoms with Gasteiger partial charge in [0.2, 0.25) is 0 Å². The van der Waals surface area contributed by atoms with Crippen LogP contribution < -0.4 is 10.1 Å². The number of nitrogens with one attached hydrogen (secondary N) is 2. The average molecular weight is 323 g/mol. The van der Waals surface area contributed by atoms with Crippen molar-refractivity contribution in [2.45, 2.75) is 26.2 Å². The molecule has 124 valence electrons. The molecule has 0 saturated carbocycles. The van der Waals surface area contributed by atoms with Gasteiger partial charge in [-0.15, -0.1) is 0 Å². The van der Waals surface area contributed by atoms with Crippen LogP contribution in [-0.4, -0.2) is 22.7 Å². The summed E-state index contributed by atoms with van der Waals surface area (Å²) in [7, 11) is 0. The first-order chi connectivity index (χ1) is 11.4. The van der Waals surface area contributed by atoms with E-state index in [1.54, 1.807) is 6.20 Å². The highest BCUT2D eigenvalue weighted by molar-refractivity contribution is 5.94. The molecule has 0 atom stereocenters. The Kier molecular flexibility index (Phi) is 4.25. The number of hydrogen-bond donors (Lipinski definition) is 2. The number of carbonyl (C=O) groups excluding carboxylic acids is 1. The molecule has 0 saturated heterocycles. The molecule has 5 nitrogen and oxygen atoms in total. The molecule has 0 aliphatic carbocycles. The summed E-state index contributed by atoms with van der Waals surface area (Å²) >= 11 is 0. The predicted octanol–water partition coefficient (Wildman–Crippen LogP) is 3.88. The number of anilines is 1. The number of rotatable bonds is 4. The van der Waals surface area contributed by atoms with E-state index >= 15 is 0 Å². The zero-order chi connectivity index (χ0) is 17.2. The van der Waals surface area contributed by atoms with Gasteiger partial charge < -0.3 is 10.1 Å². The average Bonchev–Trinajstić information content (AvgIpc) is 3.00. The summed E-state index contributed by atoms with van der Waals surface area (Å²) in [5.74, 6) is 0.548. The van der Waals surface area contributed by atoms with Gasteiger partial charge in [-0.3, -0.25) is 9.89 Å². The van der Waals surface area contributed by atoms with Crippen LogP contribution in [0.3, 0.4) is 0 Å². The first-order valence-electron chi connectivity index (χ1n) is 7.89. The van der Waals surface area contributed by atoms with Crippen molar-refractivity contribution in [2.24, 2.45) is 0 Å². The molecule has 5 heteroatoms. The molecule has 1 amide bonds. The largest absolute Gasteiger partial charge is 0.483 e. The van der Waals surface area contributed by atoms with Crippen molar-refractivity contribution >= 4 is 22.5 Å². The monoisotopic (exact) mass is 323 g/mol. The van der Waals surface area contributed by atoms with Crippen LogP contribution in [-0.2, 0) is 10.2 Å². The minimum atomic E-state index is -0.193. The van der Waals surface area contributed by atoms with Crippen LogP contribution in [0.25, 0.3) is 10.9 Å². The topological polar surface area (TPSA) is 67.0 Å². The van der Waals surface area contributed by atoms with Gasteiger partial charge in [-0.2, -0.15) is 5.10 Å². The van der Waals surface area contributed by atoms with E-state index in [-0.39, 0.29) is 17.9 Å². The molecule has 0 radical (unpaired) electrons. The van der Waals surface area contributed by atoms with Gasteiger partial charge >= 0.3 is 0 Å². The van der Waals surface area contributed by atoms with Crippen molar-refractivity contribution in [1.29, 1.82) is 0 Å². The number of amides is 1. The minimum absolute atomic E-state index is 0.0312. The lowest BCUT2D eigenvalue weighted by atomic mass is 9.86. The SMILES string of the molecule is CC(C)(C)c1ccccc1OCC(=O)Nc1ccc2[nH]ncc2c1. The second kappa shape index (κ2) is 6.35. The number of H-pyrrole nitrogens is 1. The second-order valence-electron chi connectivity index (χ2n) is 6.76. The quantitative estimate of drug-likeness (QED) is 0.766. The van der Waals surface area contributed by atoms with Crippen molar-refractivity contribution in [3.63, 3.8) is 0 Å². The third-order valence-corrected chi connectivity index (χ3v) is 3.78. The fourth-order valence-electron chi connectivity index (χ4n) is 2.57. The molecule has 1 aromatic heterocycles. The number of aromatic nitrogens is 2. The van der Waals surface area contributed by atoms with E-state index in [4.69, 9.17) is 4.74 Å². The number of carbonyl (C=O) groups is 1. The summed E-state index contributed by atoms with van der Waals surface area (Å²) in [5.41, 5.74) is 2.70. The second-order valence-corrected chi connectivity index (χ2v) is 6.76. The minimum Gasteiger partial charge on any atom is -0.483 e. The maximum absolute atomic E-state index is 12.2. The predicted molar refractivity (Wildman–Crippen MR) is 95.4 cm³/mol. The highest BCUT2D eigenvalue weighted by atomic mass is 16.5. The lowest BCUT2D eigenvalue weighted by molar-refractivity contribution is -0.118. The number of para-hydroxylation sites is 1. The number of hydrogen-bond acceptors (Lipinski definition) is 3. The number of nitrogens with zero attached hydrogens (tertiary/aromatic N) is 1. The van der Waals surface area contributed by atoms with Crippen LogP contribution >= 0.6 is 0 Å². The number of fused-ring (bicyclic) bond motifs is 1. The Morgan fingerprint density at radius 2 is 2.00 bits per heavy atom. The first-order valence-corrected chi connectivity index (χ1v) is 7.89. The van der Waals surface area contributed by atoms with Crippen molar-refractivity contribution in [3.05, 3.63) is 54.2 Å². The van der Waals surface area contributed by atoms with E-state index in [1.807, 2.05) is 42.5 Å². The van der Waals surface area contributed by atoms with E-state index in [9.17, 15) is 4.79 Å². The Balaban J connectivity index is 1.66. The summed E-state index contributed by atoms with van der Waals surface area (Å²) < 4.78 is 5.74. The normalized spacial score (nSPS) is 11.5. The molecule has 0 unspecified atom stereocenters. The lowest BCUT2D eigenvalue weighted by Gasteiger charge is -2.22. The molecule has 0 fully saturated rings. The molecule has 0 spiro atoms. The Morgan fingerprint density at radius 1 is 1.21 bits per heavy atom. The zero-order valence-corrected chi connectivity index (χ0v) is 14.1. The van der Waals surface area contributed by atoms with Gasteiger partial charge in [0.1, 0.15) is 5.75 Å². The van der Waals surface area contributed by atoms with E-state index in [0.717, 1.165) is 27.9 Å². The molecule has 24 heavy (non-hydrogen) atoms. The Bertz CT molecular complexity index is 862. The molecule has 1 heterocycles. The summed E-state index contributed by atoms with van der Waals surface area (Å²) in [6.45, 7) is 6.33. The molecule has 2 aromatic carbocycles. The van der Waals surface area contributed by atoms with Crippen LogP contribution in [0.15, 0.2) is 48.7 Å². The molecule has 0 aliphatic heterocycles. The van der Waals surface area contributed by atoms with Crippen LogP contribution in [0.1, 0.15) is 26.3 Å². The summed E-state index contributed by atoms with van der Waals surface area (Å²) in [6.07, 6.45) is 1.72. The van der Waals surface area contributed by atoms with Crippen LogP contribution in [0.5, 0.6) is 5.75 Å². The lowest BCUT2D eigenvalue weighted by Crippen LogP contribution is -2.21. The molecule has 3 rings (SSSR count). The molecule has 2 N–H and O–H groups in total. The third-order valence-electron chi connectivity index (χ3n) is 3.78. The highest BCUT2D eigenvalue weighted by Crippen LogP contribution is 2.30. The Morgan fingerprint density at radius 3 is 2.79 bits per heavy atom. The van der Waals surface area contributed by atoms with E-state index < -0.39 is 0 Å². The van der Waals surface area contributed by atoms with Crippen molar-refractivity contribution in [3.8, 4) is 5.75 Å². The fourth-order valence-corrected chi connectivity index (χ4v) is 2.57. The Hall–Kier alpha value is -2.82. The number of benzene rings is 2. The summed E-state index contributed by atoms with van der Waals surface area (Å²) in [4.78, 5) is 12.2. The van der Waals surface area contributed by atoms with Gasteiger partial charge in [-0.1, -0.05) is 39.0 Å². The Labute approximate surface area is 141 Å². The summed E-state index contributed by atoms with van der Waals surface area (Å²) in [5, 5.41) is 10.6. The van der Waals surface area contributed by atoms with E-state index in [0.29, 0.717) is 0 Å².